The van der Waals surface area contributed by atoms with Crippen LogP contribution in [0.1, 0.15) is 15.9 Å². The van der Waals surface area contributed by atoms with Gasteiger partial charge in [0.05, 0.1) is 12.7 Å². The van der Waals surface area contributed by atoms with E-state index in [1.54, 1.807) is 0 Å². The summed E-state index contributed by atoms with van der Waals surface area (Å²) in [6, 6.07) is 5.66. The van der Waals surface area contributed by atoms with E-state index in [0.717, 1.165) is 10.9 Å². The predicted octanol–water partition coefficient (Wildman–Crippen LogP) is 1.28. The normalized spacial score (nSPS) is 9.58. The average Bonchev–Trinajstić information content (AvgIpc) is 2.03. The molecule has 1 atom stereocenters. The van der Waals surface area contributed by atoms with E-state index in [1.165, 1.54) is 7.11 Å². The van der Waals surface area contributed by atoms with Gasteiger partial charge in [0.15, 0.2) is 0 Å². The molecule has 0 fully saturated rings. The number of rotatable bonds is 1. The Hall–Kier alpha value is -0.880. The van der Waals surface area contributed by atoms with Crippen molar-refractivity contribution < 1.29 is 9.53 Å². The van der Waals surface area contributed by atoms with E-state index in [9.17, 15) is 4.79 Å². The molecule has 0 aliphatic rings. The summed E-state index contributed by atoms with van der Waals surface area (Å²) in [5, 5.41) is 0.877. The number of hydrogen-bond acceptors (Lipinski definition) is 2. The Morgan fingerprint density at radius 1 is 1.50 bits per heavy atom. The second-order valence-electron chi connectivity index (χ2n) is 2.53. The number of hydrogen-bond donors (Lipinski definition) is 0. The Morgan fingerprint density at radius 3 is 2.67 bits per heavy atom. The zero-order valence-corrected chi connectivity index (χ0v) is 8.28. The second kappa shape index (κ2) is 3.68. The van der Waals surface area contributed by atoms with Crippen LogP contribution in [0.4, 0.5) is 0 Å². The SMILES string of the molecule is COC(=O)c1c(C)cccc1P. The van der Waals surface area contributed by atoms with E-state index in [-0.39, 0.29) is 5.97 Å². The van der Waals surface area contributed by atoms with Gasteiger partial charge in [0.25, 0.3) is 0 Å². The zero-order valence-electron chi connectivity index (χ0n) is 7.13. The summed E-state index contributed by atoms with van der Waals surface area (Å²) in [7, 11) is 3.91. The smallest absolute Gasteiger partial charge is 0.338 e. The van der Waals surface area contributed by atoms with Crippen LogP contribution in [0.15, 0.2) is 18.2 Å². The van der Waals surface area contributed by atoms with Crippen LogP contribution in [0.5, 0.6) is 0 Å². The zero-order chi connectivity index (χ0) is 9.14. The molecule has 2 nitrogen and oxygen atoms in total. The largest absolute Gasteiger partial charge is 0.465 e. The quantitative estimate of drug-likeness (QED) is 0.483. The van der Waals surface area contributed by atoms with Gasteiger partial charge in [0.1, 0.15) is 0 Å². The van der Waals surface area contributed by atoms with Gasteiger partial charge in [-0.2, -0.15) is 0 Å². The van der Waals surface area contributed by atoms with Crippen molar-refractivity contribution in [2.75, 3.05) is 7.11 Å². The van der Waals surface area contributed by atoms with Gasteiger partial charge in [-0.15, -0.1) is 9.24 Å². The summed E-state index contributed by atoms with van der Waals surface area (Å²) in [5.74, 6) is -0.280. The molecule has 0 radical (unpaired) electrons. The number of aryl methyl sites for hydroxylation is 1. The van der Waals surface area contributed by atoms with Gasteiger partial charge in [0.2, 0.25) is 0 Å². The van der Waals surface area contributed by atoms with Crippen molar-refractivity contribution in [3.05, 3.63) is 29.3 Å². The first-order valence-corrected chi connectivity index (χ1v) is 4.18. The molecule has 0 aliphatic heterocycles. The lowest BCUT2D eigenvalue weighted by atomic mass is 10.1. The number of carbonyl (C=O) groups excluding carboxylic acids is 1. The molecular weight excluding hydrogens is 171 g/mol. The van der Waals surface area contributed by atoms with E-state index in [1.807, 2.05) is 25.1 Å². The molecular formula is C9H11O2P. The lowest BCUT2D eigenvalue weighted by molar-refractivity contribution is 0.0601. The predicted molar refractivity (Wildman–Crippen MR) is 51.9 cm³/mol. The van der Waals surface area contributed by atoms with E-state index < -0.39 is 0 Å². The molecule has 64 valence electrons. The standard InChI is InChI=1S/C9H11O2P/c1-6-4-3-5-7(12)8(6)9(10)11-2/h3-5H,12H2,1-2H3. The maximum Gasteiger partial charge on any atom is 0.338 e. The first-order valence-electron chi connectivity index (χ1n) is 3.60. The summed E-state index contributed by atoms with van der Waals surface area (Å²) in [4.78, 5) is 11.2. The van der Waals surface area contributed by atoms with Crippen molar-refractivity contribution in [2.24, 2.45) is 0 Å². The Balaban J connectivity index is 3.21. The van der Waals surface area contributed by atoms with Crippen LogP contribution in [0.25, 0.3) is 0 Å². The van der Waals surface area contributed by atoms with Crippen molar-refractivity contribution in [1.29, 1.82) is 0 Å². The minimum atomic E-state index is -0.280. The number of esters is 1. The van der Waals surface area contributed by atoms with Crippen LogP contribution in [0.3, 0.4) is 0 Å². The van der Waals surface area contributed by atoms with Gasteiger partial charge in [-0.3, -0.25) is 0 Å². The topological polar surface area (TPSA) is 26.3 Å². The summed E-state index contributed by atoms with van der Waals surface area (Å²) in [6.07, 6.45) is 0. The molecule has 0 aliphatic carbocycles. The monoisotopic (exact) mass is 182 g/mol. The van der Waals surface area contributed by atoms with Crippen LogP contribution < -0.4 is 5.30 Å². The Bertz CT molecular complexity index is 287. The molecule has 1 unspecified atom stereocenters. The number of ether oxygens (including phenoxy) is 1. The van der Waals surface area contributed by atoms with Crippen LogP contribution in [-0.4, -0.2) is 13.1 Å². The van der Waals surface area contributed by atoms with Crippen LogP contribution in [-0.2, 0) is 4.74 Å². The lowest BCUT2D eigenvalue weighted by Gasteiger charge is -2.05. The maximum absolute atomic E-state index is 11.2. The van der Waals surface area contributed by atoms with Crippen LogP contribution in [0.2, 0.25) is 0 Å². The summed E-state index contributed by atoms with van der Waals surface area (Å²) in [6.45, 7) is 1.89. The molecule has 0 heterocycles. The van der Waals surface area contributed by atoms with Crippen molar-refractivity contribution in [2.45, 2.75) is 6.92 Å². The fourth-order valence-electron chi connectivity index (χ4n) is 1.07. The fourth-order valence-corrected chi connectivity index (χ4v) is 1.53. The van der Waals surface area contributed by atoms with Crippen LogP contribution in [0, 0.1) is 6.92 Å². The number of benzene rings is 1. The molecule has 0 saturated carbocycles. The van der Waals surface area contributed by atoms with E-state index in [4.69, 9.17) is 0 Å². The second-order valence-corrected chi connectivity index (χ2v) is 3.15. The van der Waals surface area contributed by atoms with Gasteiger partial charge in [-0.05, 0) is 17.8 Å². The fraction of sp³-hybridized carbons (Fsp3) is 0.222. The Labute approximate surface area is 74.1 Å². The summed E-state index contributed by atoms with van der Waals surface area (Å²) >= 11 is 0. The molecule has 3 heteroatoms. The highest BCUT2D eigenvalue weighted by Crippen LogP contribution is 2.08. The average molecular weight is 182 g/mol. The highest BCUT2D eigenvalue weighted by molar-refractivity contribution is 7.27. The van der Waals surface area contributed by atoms with Crippen molar-refractivity contribution >= 4 is 20.5 Å². The van der Waals surface area contributed by atoms with Gasteiger partial charge in [0, 0.05) is 0 Å². The van der Waals surface area contributed by atoms with Gasteiger partial charge in [-0.1, -0.05) is 18.2 Å². The van der Waals surface area contributed by atoms with Crippen molar-refractivity contribution in [3.63, 3.8) is 0 Å². The van der Waals surface area contributed by atoms with Gasteiger partial charge >= 0.3 is 5.97 Å². The number of carbonyl (C=O) groups is 1. The maximum atomic E-state index is 11.2. The molecule has 0 saturated heterocycles. The Kier molecular flexibility index (Phi) is 2.83. The van der Waals surface area contributed by atoms with E-state index in [2.05, 4.69) is 14.0 Å². The third kappa shape index (κ3) is 1.64. The Morgan fingerprint density at radius 2 is 2.17 bits per heavy atom. The third-order valence-electron chi connectivity index (χ3n) is 1.69. The van der Waals surface area contributed by atoms with Gasteiger partial charge < -0.3 is 4.74 Å². The summed E-state index contributed by atoms with van der Waals surface area (Å²) < 4.78 is 4.65. The summed E-state index contributed by atoms with van der Waals surface area (Å²) in [5.41, 5.74) is 1.58. The first-order chi connectivity index (χ1) is 5.66. The molecule has 0 aromatic heterocycles. The van der Waals surface area contributed by atoms with Crippen molar-refractivity contribution in [3.8, 4) is 0 Å². The third-order valence-corrected chi connectivity index (χ3v) is 2.18. The molecule has 0 N–H and O–H groups in total. The molecule has 1 aromatic carbocycles. The molecule has 0 spiro atoms. The van der Waals surface area contributed by atoms with Crippen LogP contribution >= 0.6 is 9.24 Å². The highest BCUT2D eigenvalue weighted by Gasteiger charge is 2.10. The van der Waals surface area contributed by atoms with Gasteiger partial charge in [-0.25, -0.2) is 4.79 Å². The van der Waals surface area contributed by atoms with Crippen molar-refractivity contribution in [1.82, 2.24) is 0 Å². The minimum absolute atomic E-state index is 0.280. The minimum Gasteiger partial charge on any atom is -0.465 e. The molecule has 0 bridgehead atoms. The first kappa shape index (κ1) is 9.21. The van der Waals surface area contributed by atoms with E-state index >= 15 is 0 Å². The molecule has 12 heavy (non-hydrogen) atoms. The lowest BCUT2D eigenvalue weighted by Crippen LogP contribution is -2.13. The van der Waals surface area contributed by atoms with E-state index in [0.29, 0.717) is 5.56 Å². The highest BCUT2D eigenvalue weighted by atomic mass is 31.0. The molecule has 1 rings (SSSR count). The molecule has 1 aromatic rings. The number of methoxy groups -OCH3 is 1. The molecule has 0 amide bonds.